The number of halogens is 1. The second-order valence-electron chi connectivity index (χ2n) is 4.35. The zero-order valence-electron chi connectivity index (χ0n) is 11.5. The quantitative estimate of drug-likeness (QED) is 0.912. The second kappa shape index (κ2) is 6.34. The van der Waals surface area contributed by atoms with Crippen LogP contribution in [0.1, 0.15) is 17.0 Å². The monoisotopic (exact) mass is 276 g/mol. The van der Waals surface area contributed by atoms with Crippen LogP contribution in [0.25, 0.3) is 0 Å². The number of hydrogen-bond donors (Lipinski definition) is 1. The van der Waals surface area contributed by atoms with Gasteiger partial charge in [-0.3, -0.25) is 4.98 Å². The number of aromatic nitrogens is 1. The summed E-state index contributed by atoms with van der Waals surface area (Å²) in [6.07, 6.45) is 0. The van der Waals surface area contributed by atoms with Crippen molar-refractivity contribution in [2.75, 3.05) is 7.11 Å². The first kappa shape index (κ1) is 14.3. The van der Waals surface area contributed by atoms with E-state index in [1.165, 1.54) is 6.07 Å². The predicted molar refractivity (Wildman–Crippen MR) is 74.1 cm³/mol. The Hall–Kier alpha value is -2.14. The molecule has 0 aliphatic rings. The fraction of sp³-hybridized carbons (Fsp3) is 0.267. The molecule has 1 aromatic carbocycles. The Morgan fingerprint density at radius 1 is 1.30 bits per heavy atom. The molecule has 0 aliphatic heterocycles. The number of ether oxygens (including phenoxy) is 2. The minimum atomic E-state index is -0.361. The molecule has 0 saturated carbocycles. The van der Waals surface area contributed by atoms with Gasteiger partial charge >= 0.3 is 0 Å². The van der Waals surface area contributed by atoms with Gasteiger partial charge in [0, 0.05) is 29.9 Å². The highest BCUT2D eigenvalue weighted by molar-refractivity contribution is 5.35. The van der Waals surface area contributed by atoms with E-state index in [4.69, 9.17) is 15.2 Å². The Kier molecular flexibility index (Phi) is 4.53. The minimum Gasteiger partial charge on any atom is -0.497 e. The van der Waals surface area contributed by atoms with Gasteiger partial charge < -0.3 is 15.2 Å². The Balaban J connectivity index is 2.17. The Morgan fingerprint density at radius 3 is 2.80 bits per heavy atom. The third kappa shape index (κ3) is 3.24. The van der Waals surface area contributed by atoms with Gasteiger partial charge in [0.1, 0.15) is 23.9 Å². The number of methoxy groups -OCH3 is 1. The lowest BCUT2D eigenvalue weighted by molar-refractivity contribution is 0.294. The first-order valence-electron chi connectivity index (χ1n) is 6.26. The van der Waals surface area contributed by atoms with Crippen molar-refractivity contribution in [1.82, 2.24) is 4.98 Å². The number of nitrogens with zero attached hydrogens (tertiary/aromatic N) is 1. The average molecular weight is 276 g/mol. The molecule has 20 heavy (non-hydrogen) atoms. The number of aryl methyl sites for hydroxylation is 1. The normalized spacial score (nSPS) is 10.4. The first-order chi connectivity index (χ1) is 9.63. The van der Waals surface area contributed by atoms with E-state index in [0.717, 1.165) is 11.4 Å². The molecule has 0 spiro atoms. The smallest absolute Gasteiger partial charge is 0.131 e. The number of hydrogen-bond acceptors (Lipinski definition) is 4. The molecule has 1 heterocycles. The SMILES string of the molecule is COc1cc(C)nc(COc2cccc(F)c2CN)c1. The molecular weight excluding hydrogens is 259 g/mol. The summed E-state index contributed by atoms with van der Waals surface area (Å²) in [7, 11) is 1.60. The second-order valence-corrected chi connectivity index (χ2v) is 4.35. The molecule has 0 bridgehead atoms. The highest BCUT2D eigenvalue weighted by atomic mass is 19.1. The fourth-order valence-electron chi connectivity index (χ4n) is 1.92. The molecule has 106 valence electrons. The Morgan fingerprint density at radius 2 is 2.10 bits per heavy atom. The lowest BCUT2D eigenvalue weighted by Crippen LogP contribution is -2.06. The van der Waals surface area contributed by atoms with E-state index < -0.39 is 0 Å². The molecule has 5 heteroatoms. The molecule has 1 aromatic heterocycles. The van der Waals surface area contributed by atoms with Gasteiger partial charge in [-0.2, -0.15) is 0 Å². The van der Waals surface area contributed by atoms with Crippen molar-refractivity contribution in [2.45, 2.75) is 20.1 Å². The summed E-state index contributed by atoms with van der Waals surface area (Å²) in [6, 6.07) is 8.26. The number of nitrogens with two attached hydrogens (primary N) is 1. The topological polar surface area (TPSA) is 57.4 Å². The standard InChI is InChI=1S/C15H17FN2O2/c1-10-6-12(19-2)7-11(18-10)9-20-15-5-3-4-14(16)13(15)8-17/h3-7H,8-9,17H2,1-2H3. The predicted octanol–water partition coefficient (Wildman–Crippen LogP) is 2.58. The van der Waals surface area contributed by atoms with Crippen LogP contribution in [-0.4, -0.2) is 12.1 Å². The zero-order chi connectivity index (χ0) is 14.5. The van der Waals surface area contributed by atoms with Gasteiger partial charge in [0.15, 0.2) is 0 Å². The van der Waals surface area contributed by atoms with Gasteiger partial charge in [0.05, 0.1) is 12.8 Å². The third-order valence-electron chi connectivity index (χ3n) is 2.87. The third-order valence-corrected chi connectivity index (χ3v) is 2.87. The van der Waals surface area contributed by atoms with Crippen LogP contribution >= 0.6 is 0 Å². The van der Waals surface area contributed by atoms with E-state index in [1.807, 2.05) is 13.0 Å². The van der Waals surface area contributed by atoms with Crippen molar-refractivity contribution >= 4 is 0 Å². The summed E-state index contributed by atoms with van der Waals surface area (Å²) in [5.41, 5.74) is 7.45. The fourth-order valence-corrected chi connectivity index (χ4v) is 1.92. The largest absolute Gasteiger partial charge is 0.497 e. The highest BCUT2D eigenvalue weighted by Crippen LogP contribution is 2.22. The lowest BCUT2D eigenvalue weighted by Gasteiger charge is -2.11. The summed E-state index contributed by atoms with van der Waals surface area (Å²) >= 11 is 0. The molecule has 4 nitrogen and oxygen atoms in total. The first-order valence-corrected chi connectivity index (χ1v) is 6.26. The van der Waals surface area contributed by atoms with Crippen LogP contribution in [0.5, 0.6) is 11.5 Å². The Bertz CT molecular complexity index is 602. The van der Waals surface area contributed by atoms with Gasteiger partial charge in [-0.05, 0) is 19.1 Å². The maximum absolute atomic E-state index is 13.6. The van der Waals surface area contributed by atoms with Gasteiger partial charge in [-0.15, -0.1) is 0 Å². The van der Waals surface area contributed by atoms with Crippen molar-refractivity contribution in [2.24, 2.45) is 5.73 Å². The molecule has 0 radical (unpaired) electrons. The van der Waals surface area contributed by atoms with Crippen LogP contribution in [0, 0.1) is 12.7 Å². The van der Waals surface area contributed by atoms with E-state index >= 15 is 0 Å². The van der Waals surface area contributed by atoms with Crippen LogP contribution in [0.2, 0.25) is 0 Å². The summed E-state index contributed by atoms with van der Waals surface area (Å²) in [5.74, 6) is 0.795. The minimum absolute atomic E-state index is 0.0899. The summed E-state index contributed by atoms with van der Waals surface area (Å²) in [4.78, 5) is 4.34. The molecule has 2 aromatic rings. The zero-order valence-corrected chi connectivity index (χ0v) is 11.5. The molecule has 0 saturated heterocycles. The molecule has 0 unspecified atom stereocenters. The molecule has 0 aliphatic carbocycles. The van der Waals surface area contributed by atoms with Gasteiger partial charge in [0.2, 0.25) is 0 Å². The van der Waals surface area contributed by atoms with Crippen LogP contribution in [0.15, 0.2) is 30.3 Å². The Labute approximate surface area is 117 Å². The van der Waals surface area contributed by atoms with E-state index in [-0.39, 0.29) is 19.0 Å². The van der Waals surface area contributed by atoms with Crippen molar-refractivity contribution in [3.63, 3.8) is 0 Å². The number of rotatable bonds is 5. The van der Waals surface area contributed by atoms with Crippen LogP contribution < -0.4 is 15.2 Å². The average Bonchev–Trinajstić information content (AvgIpc) is 2.44. The summed E-state index contributed by atoms with van der Waals surface area (Å²) < 4.78 is 24.4. The van der Waals surface area contributed by atoms with Crippen LogP contribution in [-0.2, 0) is 13.2 Å². The van der Waals surface area contributed by atoms with Crippen LogP contribution in [0.4, 0.5) is 4.39 Å². The van der Waals surface area contributed by atoms with Crippen molar-refractivity contribution in [1.29, 1.82) is 0 Å². The number of pyridine rings is 1. The van der Waals surface area contributed by atoms with E-state index in [2.05, 4.69) is 4.98 Å². The van der Waals surface area contributed by atoms with Crippen molar-refractivity contribution < 1.29 is 13.9 Å². The maximum Gasteiger partial charge on any atom is 0.131 e. The molecule has 2 rings (SSSR count). The molecule has 0 amide bonds. The molecule has 2 N–H and O–H groups in total. The van der Waals surface area contributed by atoms with Gasteiger partial charge in [-0.1, -0.05) is 6.07 Å². The molecular formula is C15H17FN2O2. The maximum atomic E-state index is 13.6. The highest BCUT2D eigenvalue weighted by Gasteiger charge is 2.09. The lowest BCUT2D eigenvalue weighted by atomic mass is 10.2. The van der Waals surface area contributed by atoms with Crippen molar-refractivity contribution in [3.8, 4) is 11.5 Å². The van der Waals surface area contributed by atoms with E-state index in [0.29, 0.717) is 17.0 Å². The van der Waals surface area contributed by atoms with Gasteiger partial charge in [-0.25, -0.2) is 4.39 Å². The van der Waals surface area contributed by atoms with Crippen molar-refractivity contribution in [3.05, 3.63) is 53.1 Å². The van der Waals surface area contributed by atoms with Crippen LogP contribution in [0.3, 0.4) is 0 Å². The summed E-state index contributed by atoms with van der Waals surface area (Å²) in [5, 5.41) is 0. The summed E-state index contributed by atoms with van der Waals surface area (Å²) in [6.45, 7) is 2.20. The van der Waals surface area contributed by atoms with E-state index in [9.17, 15) is 4.39 Å². The van der Waals surface area contributed by atoms with Gasteiger partial charge in [0.25, 0.3) is 0 Å². The molecule has 0 atom stereocenters. The number of benzene rings is 1. The van der Waals surface area contributed by atoms with E-state index in [1.54, 1.807) is 25.3 Å². The molecule has 0 fully saturated rings.